The van der Waals surface area contributed by atoms with Crippen LogP contribution in [0.2, 0.25) is 25.7 Å². The van der Waals surface area contributed by atoms with Crippen molar-refractivity contribution in [2.45, 2.75) is 130 Å². The van der Waals surface area contributed by atoms with Crippen molar-refractivity contribution in [3.63, 3.8) is 0 Å². The van der Waals surface area contributed by atoms with Crippen LogP contribution in [-0.2, 0) is 17.9 Å². The Balaban J connectivity index is 1.48. The molecule has 5 rings (SSSR count). The van der Waals surface area contributed by atoms with Crippen molar-refractivity contribution in [3.05, 3.63) is 41.3 Å². The van der Waals surface area contributed by atoms with E-state index in [1.54, 1.807) is 11.2 Å². The predicted molar refractivity (Wildman–Crippen MR) is 193 cm³/mol. The number of hydrogen-bond acceptors (Lipinski definition) is 6. The third kappa shape index (κ3) is 8.40. The van der Waals surface area contributed by atoms with Gasteiger partial charge in [-0.3, -0.25) is 4.79 Å². The van der Waals surface area contributed by atoms with Crippen molar-refractivity contribution >= 4 is 31.1 Å². The van der Waals surface area contributed by atoms with Crippen LogP contribution in [0.25, 0.3) is 22.3 Å². The Morgan fingerprint density at radius 3 is 2.40 bits per heavy atom. The summed E-state index contributed by atoms with van der Waals surface area (Å²) in [7, 11) is -1.30. The summed E-state index contributed by atoms with van der Waals surface area (Å²) in [6.07, 6.45) is 6.74. The number of aromatic nitrogens is 3. The summed E-state index contributed by atoms with van der Waals surface area (Å²) in [5.74, 6) is 1.22. The van der Waals surface area contributed by atoms with Gasteiger partial charge in [-0.15, -0.1) is 0 Å². The molecule has 3 aromatic rings. The molecule has 48 heavy (non-hydrogen) atoms. The molecular weight excluding hydrogens is 623 g/mol. The SMILES string of the molecule is CCc1ccc(OCC2CC2)c(-c2ncnc3c(C(=O)NC4CCC(N(C(=O)O)C(C)(C)C)CC4)c(C)n(COCC[Si](C)(C)C)c23)c1. The number of carbonyl (C=O) groups is 2. The molecule has 0 unspecified atom stereocenters. The highest BCUT2D eigenvalue weighted by Crippen LogP contribution is 2.39. The number of ether oxygens (including phenoxy) is 2. The van der Waals surface area contributed by atoms with Crippen molar-refractivity contribution in [3.8, 4) is 17.0 Å². The molecule has 0 bridgehead atoms. The molecule has 0 atom stereocenters. The maximum Gasteiger partial charge on any atom is 0.407 e. The topological polar surface area (TPSA) is 119 Å². The number of nitrogens with one attached hydrogen (secondary N) is 1. The minimum absolute atomic E-state index is 0.0554. The van der Waals surface area contributed by atoms with E-state index in [4.69, 9.17) is 19.4 Å². The van der Waals surface area contributed by atoms with E-state index in [1.165, 1.54) is 18.4 Å². The first-order chi connectivity index (χ1) is 22.7. The van der Waals surface area contributed by atoms with E-state index in [-0.39, 0.29) is 24.7 Å². The van der Waals surface area contributed by atoms with Gasteiger partial charge in [0.25, 0.3) is 5.91 Å². The number of fused-ring (bicyclic) bond motifs is 1. The van der Waals surface area contributed by atoms with Crippen LogP contribution in [0.4, 0.5) is 4.79 Å². The summed E-state index contributed by atoms with van der Waals surface area (Å²) in [6.45, 7) is 18.5. The molecule has 2 heterocycles. The molecule has 0 radical (unpaired) electrons. The van der Waals surface area contributed by atoms with Gasteiger partial charge in [0.15, 0.2) is 0 Å². The second-order valence-corrected chi connectivity index (χ2v) is 21.5. The van der Waals surface area contributed by atoms with E-state index in [2.05, 4.69) is 48.6 Å². The van der Waals surface area contributed by atoms with Gasteiger partial charge in [0, 0.05) is 43.6 Å². The Morgan fingerprint density at radius 2 is 1.79 bits per heavy atom. The molecule has 2 aliphatic rings. The first-order valence-corrected chi connectivity index (χ1v) is 21.4. The van der Waals surface area contributed by atoms with Crippen molar-refractivity contribution in [2.24, 2.45) is 5.92 Å². The van der Waals surface area contributed by atoms with Crippen LogP contribution < -0.4 is 10.1 Å². The highest BCUT2D eigenvalue weighted by Gasteiger charge is 2.36. The maximum absolute atomic E-state index is 14.2. The molecule has 10 nitrogen and oxygen atoms in total. The number of amides is 2. The summed E-state index contributed by atoms with van der Waals surface area (Å²) in [5, 5.41) is 13.2. The number of carbonyl (C=O) groups excluding carboxylic acids is 1. The Labute approximate surface area is 286 Å². The van der Waals surface area contributed by atoms with Crippen LogP contribution >= 0.6 is 0 Å². The van der Waals surface area contributed by atoms with Crippen LogP contribution in [0.15, 0.2) is 24.5 Å². The molecule has 11 heteroatoms. The third-order valence-corrected chi connectivity index (χ3v) is 11.4. The number of nitrogens with zero attached hydrogens (tertiary/aromatic N) is 4. The zero-order chi connectivity index (χ0) is 34.8. The van der Waals surface area contributed by atoms with Crippen molar-refractivity contribution < 1.29 is 24.2 Å². The lowest BCUT2D eigenvalue weighted by molar-refractivity contribution is 0.0519. The number of carboxylic acid groups (broad SMARTS) is 1. The third-order valence-electron chi connectivity index (χ3n) is 9.74. The molecule has 2 amide bonds. The van der Waals surface area contributed by atoms with E-state index < -0.39 is 19.7 Å². The molecule has 1 aromatic carbocycles. The van der Waals surface area contributed by atoms with Crippen molar-refractivity contribution in [1.82, 2.24) is 24.8 Å². The number of rotatable bonds is 13. The van der Waals surface area contributed by atoms with Gasteiger partial charge in [-0.1, -0.05) is 32.6 Å². The standard InChI is InChI=1S/C37H55N5O5Si/c1-9-25-12-17-30(47-21-26-10-11-26)29(20-25)32-34-33(39-22-38-32)31(24(2)41(34)23-46-18-19-48(6,7)8)35(43)40-27-13-15-28(16-14-27)42(36(44)45)37(3,4)5/h12,17,20,22,26-28H,9-11,13-16,18-19,21,23H2,1-8H3,(H,40,43)(H,44,45). The predicted octanol–water partition coefficient (Wildman–Crippen LogP) is 7.89. The first-order valence-electron chi connectivity index (χ1n) is 17.7. The zero-order valence-corrected chi connectivity index (χ0v) is 31.2. The van der Waals surface area contributed by atoms with Crippen molar-refractivity contribution in [2.75, 3.05) is 13.2 Å². The fraction of sp³-hybridized carbons (Fsp3) is 0.622. The molecule has 2 fully saturated rings. The smallest absolute Gasteiger partial charge is 0.407 e. The minimum atomic E-state index is -1.30. The molecule has 0 spiro atoms. The number of benzene rings is 1. The van der Waals surface area contributed by atoms with Crippen molar-refractivity contribution in [1.29, 1.82) is 0 Å². The Hall–Kier alpha value is -3.44. The van der Waals surface area contributed by atoms with E-state index in [0.717, 1.165) is 40.7 Å². The fourth-order valence-electron chi connectivity index (χ4n) is 6.78. The second-order valence-electron chi connectivity index (χ2n) is 15.9. The number of hydrogen-bond donors (Lipinski definition) is 2. The fourth-order valence-corrected chi connectivity index (χ4v) is 7.54. The molecule has 2 saturated carbocycles. The van der Waals surface area contributed by atoms with E-state index in [0.29, 0.717) is 55.9 Å². The molecule has 0 aliphatic heterocycles. The number of aryl methyl sites for hydroxylation is 1. The Morgan fingerprint density at radius 1 is 1.08 bits per heavy atom. The van der Waals surface area contributed by atoms with E-state index in [9.17, 15) is 14.7 Å². The first kappa shape index (κ1) is 35.9. The Bertz CT molecular complexity index is 1610. The van der Waals surface area contributed by atoms with Gasteiger partial charge in [0.2, 0.25) is 0 Å². The second kappa shape index (κ2) is 14.6. The average molecular weight is 678 g/mol. The van der Waals surface area contributed by atoms with Gasteiger partial charge < -0.3 is 29.4 Å². The zero-order valence-electron chi connectivity index (χ0n) is 30.2. The van der Waals surface area contributed by atoms with Crippen LogP contribution in [0.3, 0.4) is 0 Å². The summed E-state index contributed by atoms with van der Waals surface area (Å²) in [4.78, 5) is 37.3. The quantitative estimate of drug-likeness (QED) is 0.140. The molecular formula is C37H55N5O5Si. The van der Waals surface area contributed by atoms with Gasteiger partial charge in [-0.05, 0) is 102 Å². The maximum atomic E-state index is 14.2. The molecule has 262 valence electrons. The lowest BCUT2D eigenvalue weighted by Gasteiger charge is -2.42. The summed E-state index contributed by atoms with van der Waals surface area (Å²) < 4.78 is 14.7. The van der Waals surface area contributed by atoms with Crippen LogP contribution in [0.5, 0.6) is 5.75 Å². The molecule has 2 aliphatic carbocycles. The molecule has 0 saturated heterocycles. The minimum Gasteiger partial charge on any atom is -0.493 e. The highest BCUT2D eigenvalue weighted by molar-refractivity contribution is 6.76. The lowest BCUT2D eigenvalue weighted by Crippen LogP contribution is -2.53. The largest absolute Gasteiger partial charge is 0.493 e. The summed E-state index contributed by atoms with van der Waals surface area (Å²) in [5.41, 5.74) is 4.99. The van der Waals surface area contributed by atoms with E-state index >= 15 is 0 Å². The molecule has 2 N–H and O–H groups in total. The van der Waals surface area contributed by atoms with Gasteiger partial charge >= 0.3 is 6.09 Å². The monoisotopic (exact) mass is 677 g/mol. The average Bonchev–Trinajstić information content (AvgIpc) is 3.80. The summed E-state index contributed by atoms with van der Waals surface area (Å²) in [6, 6.07) is 7.22. The normalized spacial score (nSPS) is 18.6. The van der Waals surface area contributed by atoms with E-state index in [1.807, 2.05) is 33.8 Å². The highest BCUT2D eigenvalue weighted by atomic mass is 28.3. The lowest BCUT2D eigenvalue weighted by atomic mass is 9.88. The van der Waals surface area contributed by atoms with Gasteiger partial charge in [0.05, 0.1) is 17.7 Å². The van der Waals surface area contributed by atoms with Gasteiger partial charge in [-0.2, -0.15) is 0 Å². The summed E-state index contributed by atoms with van der Waals surface area (Å²) >= 11 is 0. The van der Waals surface area contributed by atoms with Crippen LogP contribution in [0.1, 0.15) is 87.8 Å². The van der Waals surface area contributed by atoms with Crippen LogP contribution in [0, 0.1) is 12.8 Å². The van der Waals surface area contributed by atoms with Crippen LogP contribution in [-0.4, -0.2) is 75.5 Å². The molecule has 2 aromatic heterocycles. The Kier molecular flexibility index (Phi) is 10.9. The van der Waals surface area contributed by atoms with Gasteiger partial charge in [0.1, 0.15) is 30.0 Å². The van der Waals surface area contributed by atoms with Gasteiger partial charge in [-0.25, -0.2) is 14.8 Å².